The summed E-state index contributed by atoms with van der Waals surface area (Å²) >= 11 is 0. The van der Waals surface area contributed by atoms with Gasteiger partial charge >= 0.3 is 5.97 Å². The molecule has 0 radical (unpaired) electrons. The molecule has 0 aliphatic carbocycles. The van der Waals surface area contributed by atoms with Crippen LogP contribution in [0.3, 0.4) is 0 Å². The molecule has 0 aliphatic rings. The van der Waals surface area contributed by atoms with Gasteiger partial charge in [0.2, 0.25) is 0 Å². The Morgan fingerprint density at radius 3 is 2.50 bits per heavy atom. The third-order valence-corrected chi connectivity index (χ3v) is 3.21. The van der Waals surface area contributed by atoms with Gasteiger partial charge in [0.15, 0.2) is 0 Å². The lowest BCUT2D eigenvalue weighted by Gasteiger charge is -2.07. The van der Waals surface area contributed by atoms with Gasteiger partial charge in [-0.1, -0.05) is 12.1 Å². The highest BCUT2D eigenvalue weighted by atomic mass is 16.4. The number of hydrogen-bond donors (Lipinski definition) is 2. The molecule has 1 aromatic carbocycles. The molecule has 1 heterocycles. The maximum Gasteiger partial charge on any atom is 0.323 e. The van der Waals surface area contributed by atoms with Gasteiger partial charge in [0.25, 0.3) is 0 Å². The largest absolute Gasteiger partial charge is 0.480 e. The van der Waals surface area contributed by atoms with Crippen LogP contribution in [-0.2, 0) is 11.3 Å². The van der Waals surface area contributed by atoms with E-state index in [1.165, 1.54) is 0 Å². The number of rotatable bonds is 3. The number of carboxylic acids is 1. The summed E-state index contributed by atoms with van der Waals surface area (Å²) in [5, 5.41) is 19.7. The Balaban J connectivity index is 2.80. The lowest BCUT2D eigenvalue weighted by atomic mass is 10.0. The minimum absolute atomic E-state index is 0.0898. The second-order valence-electron chi connectivity index (χ2n) is 4.71. The van der Waals surface area contributed by atoms with Crippen LogP contribution in [0.4, 0.5) is 0 Å². The summed E-state index contributed by atoms with van der Waals surface area (Å²) in [7, 11) is 0. The fraction of sp³-hybridized carbons (Fsp3) is 0.357. The Bertz CT molecular complexity index is 611. The van der Waals surface area contributed by atoms with Gasteiger partial charge < -0.3 is 14.8 Å². The van der Waals surface area contributed by atoms with Gasteiger partial charge in [-0.3, -0.25) is 4.79 Å². The molecule has 0 amide bonds. The van der Waals surface area contributed by atoms with E-state index in [1.54, 1.807) is 17.7 Å². The molecule has 4 nitrogen and oxygen atoms in total. The third kappa shape index (κ3) is 1.99. The maximum atomic E-state index is 10.9. The summed E-state index contributed by atoms with van der Waals surface area (Å²) in [6, 6.07) is 3.97. The van der Waals surface area contributed by atoms with Crippen LogP contribution >= 0.6 is 0 Å². The molecule has 0 bridgehead atoms. The Morgan fingerprint density at radius 2 is 1.94 bits per heavy atom. The molecular weight excluding hydrogens is 230 g/mol. The molecule has 1 atom stereocenters. The van der Waals surface area contributed by atoms with Crippen LogP contribution in [0.2, 0.25) is 0 Å². The van der Waals surface area contributed by atoms with Crippen molar-refractivity contribution in [3.63, 3.8) is 0 Å². The molecule has 1 unspecified atom stereocenters. The van der Waals surface area contributed by atoms with Crippen LogP contribution in [0.1, 0.15) is 29.7 Å². The van der Waals surface area contributed by atoms with Crippen molar-refractivity contribution >= 4 is 16.9 Å². The number of aryl methyl sites for hydroxylation is 2. The van der Waals surface area contributed by atoms with E-state index in [0.717, 1.165) is 27.6 Å². The first kappa shape index (κ1) is 12.6. The number of carboxylic acid groups (broad SMARTS) is 1. The molecule has 0 saturated heterocycles. The normalized spacial score (nSPS) is 12.9. The molecule has 0 fully saturated rings. The summed E-state index contributed by atoms with van der Waals surface area (Å²) < 4.78 is 1.70. The number of aliphatic hydroxyl groups is 1. The molecule has 4 heteroatoms. The van der Waals surface area contributed by atoms with Crippen LogP contribution in [0.5, 0.6) is 0 Å². The average molecular weight is 247 g/mol. The Morgan fingerprint density at radius 1 is 1.33 bits per heavy atom. The molecule has 96 valence electrons. The van der Waals surface area contributed by atoms with E-state index >= 15 is 0 Å². The highest BCUT2D eigenvalue weighted by Crippen LogP contribution is 2.31. The van der Waals surface area contributed by atoms with Gasteiger partial charge in [-0.05, 0) is 31.9 Å². The van der Waals surface area contributed by atoms with Crippen LogP contribution in [-0.4, -0.2) is 20.7 Å². The minimum Gasteiger partial charge on any atom is -0.480 e. The quantitative estimate of drug-likeness (QED) is 0.875. The molecule has 2 aromatic rings. The Labute approximate surface area is 105 Å². The SMILES string of the molecule is Cc1ccc(C)c2c1c(C(C)O)cn2CC(=O)O. The van der Waals surface area contributed by atoms with Crippen molar-refractivity contribution in [1.29, 1.82) is 0 Å². The number of hydrogen-bond acceptors (Lipinski definition) is 2. The smallest absolute Gasteiger partial charge is 0.323 e. The molecule has 18 heavy (non-hydrogen) atoms. The summed E-state index contributed by atoms with van der Waals surface area (Å²) in [5.41, 5.74) is 3.75. The topological polar surface area (TPSA) is 62.5 Å². The minimum atomic E-state index is -0.884. The second kappa shape index (κ2) is 4.46. The number of benzene rings is 1. The van der Waals surface area contributed by atoms with E-state index in [-0.39, 0.29) is 6.54 Å². The number of aliphatic hydroxyl groups excluding tert-OH is 1. The van der Waals surface area contributed by atoms with Crippen molar-refractivity contribution in [2.24, 2.45) is 0 Å². The molecule has 2 N–H and O–H groups in total. The first-order valence-electron chi connectivity index (χ1n) is 5.90. The zero-order valence-corrected chi connectivity index (χ0v) is 10.8. The summed E-state index contributed by atoms with van der Waals surface area (Å²) in [6.45, 7) is 5.53. The van der Waals surface area contributed by atoms with Gasteiger partial charge in [-0.15, -0.1) is 0 Å². The molecule has 0 aliphatic heterocycles. The fourth-order valence-electron chi connectivity index (χ4n) is 2.41. The average Bonchev–Trinajstić information content (AvgIpc) is 2.63. The van der Waals surface area contributed by atoms with Crippen molar-refractivity contribution in [2.45, 2.75) is 33.4 Å². The summed E-state index contributed by atoms with van der Waals surface area (Å²) in [4.78, 5) is 10.9. The van der Waals surface area contributed by atoms with E-state index in [1.807, 2.05) is 26.0 Å². The van der Waals surface area contributed by atoms with Gasteiger partial charge in [0.05, 0.1) is 11.6 Å². The first-order chi connectivity index (χ1) is 8.41. The molecule has 0 saturated carbocycles. The van der Waals surface area contributed by atoms with Gasteiger partial charge in [0.1, 0.15) is 6.54 Å². The highest BCUT2D eigenvalue weighted by Gasteiger charge is 2.17. The van der Waals surface area contributed by atoms with Crippen molar-refractivity contribution in [2.75, 3.05) is 0 Å². The van der Waals surface area contributed by atoms with Crippen LogP contribution in [0.25, 0.3) is 10.9 Å². The van der Waals surface area contributed by atoms with Crippen molar-refractivity contribution in [1.82, 2.24) is 4.57 Å². The molecule has 1 aromatic heterocycles. The number of nitrogens with zero attached hydrogens (tertiary/aromatic N) is 1. The van der Waals surface area contributed by atoms with E-state index in [2.05, 4.69) is 0 Å². The van der Waals surface area contributed by atoms with Crippen LogP contribution in [0.15, 0.2) is 18.3 Å². The molecular formula is C14H17NO3. The molecule has 0 spiro atoms. The summed E-state index contributed by atoms with van der Waals surface area (Å²) in [6.07, 6.45) is 1.13. The predicted octanol–water partition coefficient (Wildman–Crippen LogP) is 2.40. The number of carbonyl (C=O) groups is 1. The summed E-state index contributed by atoms with van der Waals surface area (Å²) in [5.74, 6) is -0.884. The predicted molar refractivity (Wildman–Crippen MR) is 69.7 cm³/mol. The van der Waals surface area contributed by atoms with E-state index in [9.17, 15) is 9.90 Å². The standard InChI is InChI=1S/C14H17NO3/c1-8-4-5-9(2)14-13(8)11(10(3)16)6-15(14)7-12(17)18/h4-6,10,16H,7H2,1-3H3,(H,17,18). The van der Waals surface area contributed by atoms with E-state index < -0.39 is 12.1 Å². The number of aliphatic carboxylic acids is 1. The zero-order valence-electron chi connectivity index (χ0n) is 10.8. The van der Waals surface area contributed by atoms with Crippen molar-refractivity contribution in [3.05, 3.63) is 35.0 Å². The van der Waals surface area contributed by atoms with Gasteiger partial charge in [0, 0.05) is 17.1 Å². The lowest BCUT2D eigenvalue weighted by Crippen LogP contribution is -2.08. The maximum absolute atomic E-state index is 10.9. The second-order valence-corrected chi connectivity index (χ2v) is 4.71. The van der Waals surface area contributed by atoms with Crippen molar-refractivity contribution < 1.29 is 15.0 Å². The van der Waals surface area contributed by atoms with Crippen LogP contribution < -0.4 is 0 Å². The number of aromatic nitrogens is 1. The lowest BCUT2D eigenvalue weighted by molar-refractivity contribution is -0.137. The van der Waals surface area contributed by atoms with Gasteiger partial charge in [-0.25, -0.2) is 0 Å². The van der Waals surface area contributed by atoms with Crippen LogP contribution in [0, 0.1) is 13.8 Å². The van der Waals surface area contributed by atoms with E-state index in [4.69, 9.17) is 5.11 Å². The van der Waals surface area contributed by atoms with E-state index in [0.29, 0.717) is 0 Å². The Kier molecular flexibility index (Phi) is 3.13. The third-order valence-electron chi connectivity index (χ3n) is 3.21. The van der Waals surface area contributed by atoms with Gasteiger partial charge in [-0.2, -0.15) is 0 Å². The Hall–Kier alpha value is -1.81. The monoisotopic (exact) mass is 247 g/mol. The first-order valence-corrected chi connectivity index (χ1v) is 5.90. The number of fused-ring (bicyclic) bond motifs is 1. The van der Waals surface area contributed by atoms with Crippen molar-refractivity contribution in [3.8, 4) is 0 Å². The fourth-order valence-corrected chi connectivity index (χ4v) is 2.41. The highest BCUT2D eigenvalue weighted by molar-refractivity contribution is 5.90. The molecule has 2 rings (SSSR count). The zero-order chi connectivity index (χ0) is 13.4.